The van der Waals surface area contributed by atoms with Crippen LogP contribution in [0.5, 0.6) is 0 Å². The molecule has 6 nitrogen and oxygen atoms in total. The molecule has 0 spiro atoms. The van der Waals surface area contributed by atoms with Crippen molar-refractivity contribution in [1.82, 2.24) is 14.7 Å². The molecule has 0 N–H and O–H groups in total. The fourth-order valence-corrected chi connectivity index (χ4v) is 3.93. The Morgan fingerprint density at radius 1 is 1.10 bits per heavy atom. The highest BCUT2D eigenvalue weighted by molar-refractivity contribution is 5.95. The summed E-state index contributed by atoms with van der Waals surface area (Å²) in [6.45, 7) is 1.53. The van der Waals surface area contributed by atoms with Crippen LogP contribution in [-0.4, -0.2) is 46.8 Å². The van der Waals surface area contributed by atoms with E-state index in [1.165, 1.54) is 12.7 Å². The number of amides is 1. The molecule has 1 aliphatic heterocycles. The van der Waals surface area contributed by atoms with Crippen molar-refractivity contribution >= 4 is 11.9 Å². The molecule has 1 amide bonds. The lowest BCUT2D eigenvalue weighted by atomic mass is 9.97. The molecule has 1 fully saturated rings. The minimum atomic E-state index is -0.232. The highest BCUT2D eigenvalue weighted by atomic mass is 16.5. The number of carbonyl (C=O) groups excluding carboxylic acids is 2. The minimum absolute atomic E-state index is 0.0694. The van der Waals surface area contributed by atoms with Crippen LogP contribution in [0.3, 0.4) is 0 Å². The lowest BCUT2D eigenvalue weighted by Crippen LogP contribution is -2.29. The lowest BCUT2D eigenvalue weighted by molar-refractivity contribution is -0.139. The van der Waals surface area contributed by atoms with Gasteiger partial charge < -0.3 is 9.64 Å². The van der Waals surface area contributed by atoms with Crippen molar-refractivity contribution in [1.29, 1.82) is 0 Å². The average molecular weight is 403 g/mol. The van der Waals surface area contributed by atoms with Gasteiger partial charge in [0.2, 0.25) is 0 Å². The highest BCUT2D eigenvalue weighted by Gasteiger charge is 2.27. The van der Waals surface area contributed by atoms with Crippen LogP contribution in [-0.2, 0) is 22.4 Å². The number of aromatic nitrogens is 2. The third-order valence-electron chi connectivity index (χ3n) is 5.56. The maximum Gasteiger partial charge on any atom is 0.309 e. The van der Waals surface area contributed by atoms with Gasteiger partial charge in [-0.15, -0.1) is 0 Å². The van der Waals surface area contributed by atoms with Gasteiger partial charge >= 0.3 is 5.97 Å². The second-order valence-corrected chi connectivity index (χ2v) is 7.68. The van der Waals surface area contributed by atoms with E-state index in [0.717, 1.165) is 37.2 Å². The first-order valence-corrected chi connectivity index (χ1v) is 10.2. The third kappa shape index (κ3) is 4.59. The van der Waals surface area contributed by atoms with Gasteiger partial charge in [-0.05, 0) is 54.2 Å². The van der Waals surface area contributed by atoms with Crippen molar-refractivity contribution in [3.63, 3.8) is 0 Å². The minimum Gasteiger partial charge on any atom is -0.469 e. The lowest BCUT2D eigenvalue weighted by Gasteiger charge is -2.17. The molecule has 0 aliphatic carbocycles. The van der Waals surface area contributed by atoms with Gasteiger partial charge in [0.15, 0.2) is 0 Å². The van der Waals surface area contributed by atoms with E-state index in [-0.39, 0.29) is 11.9 Å². The van der Waals surface area contributed by atoms with Crippen molar-refractivity contribution in [2.45, 2.75) is 19.3 Å². The van der Waals surface area contributed by atoms with E-state index in [1.807, 2.05) is 53.6 Å². The molecule has 30 heavy (non-hydrogen) atoms. The summed E-state index contributed by atoms with van der Waals surface area (Å²) in [6.07, 6.45) is 5.80. The van der Waals surface area contributed by atoms with Gasteiger partial charge in [-0.1, -0.05) is 30.3 Å². The van der Waals surface area contributed by atoms with Crippen molar-refractivity contribution < 1.29 is 14.3 Å². The SMILES string of the molecule is COC(=O)Cc1ccc(CC2CCN(C(=O)c3cccc(-n4cccn4)c3)C2)cc1. The van der Waals surface area contributed by atoms with Gasteiger partial charge in [0, 0.05) is 31.0 Å². The summed E-state index contributed by atoms with van der Waals surface area (Å²) in [7, 11) is 1.40. The Kier molecular flexibility index (Phi) is 5.93. The van der Waals surface area contributed by atoms with Gasteiger partial charge in [-0.25, -0.2) is 4.68 Å². The molecule has 1 aromatic heterocycles. The van der Waals surface area contributed by atoms with Crippen LogP contribution in [0.2, 0.25) is 0 Å². The molecule has 1 unspecified atom stereocenters. The quantitative estimate of drug-likeness (QED) is 0.593. The zero-order valence-corrected chi connectivity index (χ0v) is 17.0. The Morgan fingerprint density at radius 2 is 1.90 bits per heavy atom. The molecule has 0 bridgehead atoms. The van der Waals surface area contributed by atoms with Gasteiger partial charge in [-0.2, -0.15) is 5.10 Å². The average Bonchev–Trinajstić information content (AvgIpc) is 3.47. The maximum absolute atomic E-state index is 13.0. The van der Waals surface area contributed by atoms with Crippen LogP contribution in [0.1, 0.15) is 27.9 Å². The smallest absolute Gasteiger partial charge is 0.309 e. The van der Waals surface area contributed by atoms with Crippen molar-refractivity contribution in [2.75, 3.05) is 20.2 Å². The monoisotopic (exact) mass is 403 g/mol. The number of rotatable bonds is 6. The van der Waals surface area contributed by atoms with Crippen LogP contribution in [0.25, 0.3) is 5.69 Å². The van der Waals surface area contributed by atoms with E-state index in [4.69, 9.17) is 4.74 Å². The number of methoxy groups -OCH3 is 1. The van der Waals surface area contributed by atoms with E-state index in [2.05, 4.69) is 17.2 Å². The number of ether oxygens (including phenoxy) is 1. The highest BCUT2D eigenvalue weighted by Crippen LogP contribution is 2.23. The second kappa shape index (κ2) is 8.95. The summed E-state index contributed by atoms with van der Waals surface area (Å²) in [4.78, 5) is 26.3. The number of esters is 1. The molecule has 3 aromatic rings. The molecule has 4 rings (SSSR count). The van der Waals surface area contributed by atoms with E-state index >= 15 is 0 Å². The van der Waals surface area contributed by atoms with Crippen LogP contribution in [0, 0.1) is 5.92 Å². The molecule has 1 aliphatic rings. The van der Waals surface area contributed by atoms with Gasteiger partial charge in [0.05, 0.1) is 19.2 Å². The number of hydrogen-bond acceptors (Lipinski definition) is 4. The summed E-state index contributed by atoms with van der Waals surface area (Å²) >= 11 is 0. The molecule has 1 saturated heterocycles. The molecular weight excluding hydrogens is 378 g/mol. The molecule has 1 atom stereocenters. The van der Waals surface area contributed by atoms with Crippen LogP contribution >= 0.6 is 0 Å². The van der Waals surface area contributed by atoms with E-state index < -0.39 is 0 Å². The standard InChI is InChI=1S/C24H25N3O3/c1-30-23(28)15-19-8-6-18(7-9-19)14-20-10-13-26(17-20)24(29)21-4-2-5-22(16-21)27-12-3-11-25-27/h2-9,11-12,16,20H,10,13-15,17H2,1H3. The van der Waals surface area contributed by atoms with Gasteiger partial charge in [0.1, 0.15) is 0 Å². The summed E-state index contributed by atoms with van der Waals surface area (Å²) in [5, 5.41) is 4.24. The van der Waals surface area contributed by atoms with E-state index in [9.17, 15) is 9.59 Å². The Balaban J connectivity index is 1.36. The van der Waals surface area contributed by atoms with Crippen molar-refractivity contribution in [2.24, 2.45) is 5.92 Å². The Morgan fingerprint density at radius 3 is 2.63 bits per heavy atom. The fourth-order valence-electron chi connectivity index (χ4n) is 3.93. The van der Waals surface area contributed by atoms with Crippen molar-refractivity contribution in [3.05, 3.63) is 83.7 Å². The molecule has 2 aromatic carbocycles. The summed E-state index contributed by atoms with van der Waals surface area (Å²) < 4.78 is 6.47. The normalized spacial score (nSPS) is 15.9. The summed E-state index contributed by atoms with van der Waals surface area (Å²) in [5.41, 5.74) is 3.75. The first-order chi connectivity index (χ1) is 14.6. The number of benzene rings is 2. The molecule has 154 valence electrons. The maximum atomic E-state index is 13.0. The number of carbonyl (C=O) groups is 2. The predicted octanol–water partition coefficient (Wildman–Crippen LogP) is 3.29. The third-order valence-corrected chi connectivity index (χ3v) is 5.56. The van der Waals surface area contributed by atoms with Crippen LogP contribution in [0.15, 0.2) is 67.0 Å². The van der Waals surface area contributed by atoms with Crippen LogP contribution < -0.4 is 0 Å². The summed E-state index contributed by atoms with van der Waals surface area (Å²) in [5.74, 6) is 0.277. The first kappa shape index (κ1) is 19.9. The molecule has 2 heterocycles. The predicted molar refractivity (Wildman–Crippen MR) is 113 cm³/mol. The van der Waals surface area contributed by atoms with Gasteiger partial charge in [-0.3, -0.25) is 9.59 Å². The topological polar surface area (TPSA) is 64.4 Å². The number of hydrogen-bond donors (Lipinski definition) is 0. The van der Waals surface area contributed by atoms with Crippen molar-refractivity contribution in [3.8, 4) is 5.69 Å². The second-order valence-electron chi connectivity index (χ2n) is 7.68. The molecule has 0 saturated carbocycles. The number of nitrogens with zero attached hydrogens (tertiary/aromatic N) is 3. The molecule has 6 heteroatoms. The molecule has 0 radical (unpaired) electrons. The zero-order valence-electron chi connectivity index (χ0n) is 17.0. The van der Waals surface area contributed by atoms with E-state index in [0.29, 0.717) is 17.9 Å². The largest absolute Gasteiger partial charge is 0.469 e. The summed E-state index contributed by atoms with van der Waals surface area (Å²) in [6, 6.07) is 17.5. The van der Waals surface area contributed by atoms with Crippen LogP contribution in [0.4, 0.5) is 0 Å². The molecular formula is C24H25N3O3. The van der Waals surface area contributed by atoms with Gasteiger partial charge in [0.25, 0.3) is 5.91 Å². The zero-order chi connectivity index (χ0) is 20.9. The van der Waals surface area contributed by atoms with E-state index in [1.54, 1.807) is 10.9 Å². The Bertz CT molecular complexity index is 1010. The first-order valence-electron chi connectivity index (χ1n) is 10.2. The number of likely N-dealkylation sites (tertiary alicyclic amines) is 1. The Labute approximate surface area is 176 Å². The fraction of sp³-hybridized carbons (Fsp3) is 0.292. The Hall–Kier alpha value is -3.41.